The van der Waals surface area contributed by atoms with Crippen LogP contribution in [0.25, 0.3) is 0 Å². The Bertz CT molecular complexity index is 241. The molecule has 0 spiro atoms. The van der Waals surface area contributed by atoms with Gasteiger partial charge in [-0.1, -0.05) is 13.8 Å². The van der Waals surface area contributed by atoms with E-state index in [-0.39, 0.29) is 12.1 Å². The minimum absolute atomic E-state index is 0.105. The lowest BCUT2D eigenvalue weighted by molar-refractivity contribution is 0.152. The van der Waals surface area contributed by atoms with Crippen molar-refractivity contribution in [2.75, 3.05) is 6.61 Å². The van der Waals surface area contributed by atoms with Gasteiger partial charge in [0.05, 0.1) is 17.8 Å². The summed E-state index contributed by atoms with van der Waals surface area (Å²) in [5.74, 6) is 0. The monoisotopic (exact) mass is 184 g/mol. The van der Waals surface area contributed by atoms with Crippen molar-refractivity contribution in [2.45, 2.75) is 40.2 Å². The first kappa shape index (κ1) is 12.2. The molecule has 0 amide bonds. The molecule has 0 bridgehead atoms. The van der Waals surface area contributed by atoms with Gasteiger partial charge in [-0.25, -0.2) is 0 Å². The average Bonchev–Trinajstić information content (AvgIpc) is 2.56. The molecular weight excluding hydrogens is 164 g/mol. The van der Waals surface area contributed by atoms with E-state index < -0.39 is 0 Å². The number of hydrogen-bond acceptors (Lipinski definition) is 2. The minimum atomic E-state index is -0.283. The lowest BCUT2D eigenvalue weighted by Gasteiger charge is -2.22. The fraction of sp³-hybridized carbons (Fsp3) is 0.700. The van der Waals surface area contributed by atoms with Crippen LogP contribution < -0.4 is 0 Å². The molecule has 13 heavy (non-hydrogen) atoms. The van der Waals surface area contributed by atoms with E-state index in [4.69, 9.17) is 5.11 Å². The van der Waals surface area contributed by atoms with Gasteiger partial charge in [0, 0.05) is 6.20 Å². The number of aliphatic hydroxyl groups is 1. The van der Waals surface area contributed by atoms with Crippen molar-refractivity contribution in [1.82, 2.24) is 9.78 Å². The first-order valence-corrected chi connectivity index (χ1v) is 4.70. The molecular formula is C10H20N2O. The first-order valence-electron chi connectivity index (χ1n) is 4.70. The van der Waals surface area contributed by atoms with Gasteiger partial charge < -0.3 is 5.11 Å². The Morgan fingerprint density at radius 1 is 1.46 bits per heavy atom. The molecule has 1 aromatic heterocycles. The van der Waals surface area contributed by atoms with Crippen LogP contribution in [0.2, 0.25) is 0 Å². The molecule has 76 valence electrons. The summed E-state index contributed by atoms with van der Waals surface area (Å²) in [4.78, 5) is 0. The van der Waals surface area contributed by atoms with E-state index in [9.17, 15) is 0 Å². The summed E-state index contributed by atoms with van der Waals surface area (Å²) in [7, 11) is 0. The van der Waals surface area contributed by atoms with Gasteiger partial charge >= 0.3 is 0 Å². The highest BCUT2D eigenvalue weighted by Crippen LogP contribution is 2.12. The maximum atomic E-state index is 9.00. The predicted molar refractivity (Wildman–Crippen MR) is 54.7 cm³/mol. The maximum absolute atomic E-state index is 9.00. The molecule has 1 heterocycles. The lowest BCUT2D eigenvalue weighted by atomic mass is 10.1. The normalized spacial score (nSPS) is 10.6. The second kappa shape index (κ2) is 5.02. The van der Waals surface area contributed by atoms with Gasteiger partial charge in [0.2, 0.25) is 0 Å². The molecule has 0 aromatic carbocycles. The maximum Gasteiger partial charge on any atom is 0.0801 e. The largest absolute Gasteiger partial charge is 0.394 e. The molecule has 3 nitrogen and oxygen atoms in total. The molecule has 0 fully saturated rings. The third kappa shape index (κ3) is 3.19. The van der Waals surface area contributed by atoms with E-state index in [0.29, 0.717) is 0 Å². The van der Waals surface area contributed by atoms with Crippen LogP contribution in [-0.2, 0) is 5.54 Å². The molecule has 0 atom stereocenters. The highest BCUT2D eigenvalue weighted by molar-refractivity contribution is 4.97. The third-order valence-corrected chi connectivity index (χ3v) is 1.73. The Hall–Kier alpha value is -0.830. The van der Waals surface area contributed by atoms with E-state index >= 15 is 0 Å². The van der Waals surface area contributed by atoms with E-state index in [1.54, 1.807) is 4.68 Å². The first-order chi connectivity index (χ1) is 6.06. The fourth-order valence-electron chi connectivity index (χ4n) is 0.825. The molecule has 1 aromatic rings. The highest BCUT2D eigenvalue weighted by Gasteiger charge is 2.18. The van der Waals surface area contributed by atoms with Gasteiger partial charge in [-0.3, -0.25) is 4.68 Å². The molecule has 1 N–H and O–H groups in total. The van der Waals surface area contributed by atoms with E-state index in [2.05, 4.69) is 5.10 Å². The van der Waals surface area contributed by atoms with Gasteiger partial charge in [0.25, 0.3) is 0 Å². The molecule has 0 radical (unpaired) electrons. The van der Waals surface area contributed by atoms with Crippen LogP contribution in [0.4, 0.5) is 0 Å². The van der Waals surface area contributed by atoms with Crippen molar-refractivity contribution in [3.8, 4) is 0 Å². The summed E-state index contributed by atoms with van der Waals surface area (Å²) in [6.07, 6.45) is 1.88. The summed E-state index contributed by atoms with van der Waals surface area (Å²) in [6.45, 7) is 9.93. The summed E-state index contributed by atoms with van der Waals surface area (Å²) >= 11 is 0. The Balaban J connectivity index is 0.000000671. The smallest absolute Gasteiger partial charge is 0.0801 e. The summed E-state index contributed by atoms with van der Waals surface area (Å²) < 4.78 is 1.78. The standard InChI is InChI=1S/C8H14N2O.C2H6/c1-7-4-5-10(9-7)8(2,3)6-11;1-2/h4-5,11H,6H2,1-3H3;1-2H3. The van der Waals surface area contributed by atoms with Gasteiger partial charge in [0.15, 0.2) is 0 Å². The Kier molecular flexibility index (Phi) is 4.70. The third-order valence-electron chi connectivity index (χ3n) is 1.73. The van der Waals surface area contributed by atoms with E-state index in [1.807, 2.05) is 46.9 Å². The second-order valence-electron chi connectivity index (χ2n) is 3.37. The number of hydrogen-bond donors (Lipinski definition) is 1. The molecule has 0 saturated heterocycles. The van der Waals surface area contributed by atoms with Crippen molar-refractivity contribution in [3.63, 3.8) is 0 Å². The summed E-state index contributed by atoms with van der Waals surface area (Å²) in [5, 5.41) is 13.2. The molecule has 0 unspecified atom stereocenters. The molecule has 3 heteroatoms. The molecule has 0 aliphatic rings. The van der Waals surface area contributed by atoms with Crippen molar-refractivity contribution in [1.29, 1.82) is 0 Å². The summed E-state index contributed by atoms with van der Waals surface area (Å²) in [6, 6.07) is 1.93. The predicted octanol–water partition coefficient (Wildman–Crippen LogP) is 1.95. The van der Waals surface area contributed by atoms with E-state index in [0.717, 1.165) is 5.69 Å². The fourth-order valence-corrected chi connectivity index (χ4v) is 0.825. The number of aromatic nitrogens is 2. The van der Waals surface area contributed by atoms with Crippen LogP contribution in [0.5, 0.6) is 0 Å². The number of aliphatic hydroxyl groups excluding tert-OH is 1. The van der Waals surface area contributed by atoms with Gasteiger partial charge in [-0.15, -0.1) is 0 Å². The molecule has 0 saturated carbocycles. The Labute approximate surface area is 80.4 Å². The zero-order chi connectivity index (χ0) is 10.5. The van der Waals surface area contributed by atoms with Gasteiger partial charge in [-0.2, -0.15) is 5.10 Å². The van der Waals surface area contributed by atoms with E-state index in [1.165, 1.54) is 0 Å². The lowest BCUT2D eigenvalue weighted by Crippen LogP contribution is -2.30. The van der Waals surface area contributed by atoms with Crippen LogP contribution in [0.15, 0.2) is 12.3 Å². The Morgan fingerprint density at radius 3 is 2.31 bits per heavy atom. The number of nitrogens with zero attached hydrogens (tertiary/aromatic N) is 2. The van der Waals surface area contributed by atoms with Crippen LogP contribution in [0.1, 0.15) is 33.4 Å². The SMILES string of the molecule is CC.Cc1ccn(C(C)(C)CO)n1. The minimum Gasteiger partial charge on any atom is -0.394 e. The van der Waals surface area contributed by atoms with Crippen molar-refractivity contribution in [3.05, 3.63) is 18.0 Å². The van der Waals surface area contributed by atoms with Gasteiger partial charge in [0.1, 0.15) is 0 Å². The van der Waals surface area contributed by atoms with Crippen LogP contribution in [0, 0.1) is 6.92 Å². The number of rotatable bonds is 2. The quantitative estimate of drug-likeness (QED) is 0.762. The second-order valence-corrected chi connectivity index (χ2v) is 3.37. The molecule has 0 aliphatic carbocycles. The average molecular weight is 184 g/mol. The zero-order valence-electron chi connectivity index (χ0n) is 9.20. The van der Waals surface area contributed by atoms with Gasteiger partial charge in [-0.05, 0) is 26.8 Å². The van der Waals surface area contributed by atoms with Crippen molar-refractivity contribution in [2.24, 2.45) is 0 Å². The topological polar surface area (TPSA) is 38.0 Å². The van der Waals surface area contributed by atoms with Crippen LogP contribution in [0.3, 0.4) is 0 Å². The molecule has 0 aliphatic heterocycles. The number of aryl methyl sites for hydroxylation is 1. The molecule has 1 rings (SSSR count). The van der Waals surface area contributed by atoms with Crippen molar-refractivity contribution < 1.29 is 5.11 Å². The van der Waals surface area contributed by atoms with Crippen molar-refractivity contribution >= 4 is 0 Å². The summed E-state index contributed by atoms with van der Waals surface area (Å²) in [5.41, 5.74) is 0.695. The van der Waals surface area contributed by atoms with Crippen LogP contribution >= 0.6 is 0 Å². The Morgan fingerprint density at radius 2 is 2.00 bits per heavy atom. The highest BCUT2D eigenvalue weighted by atomic mass is 16.3. The van der Waals surface area contributed by atoms with Crippen LogP contribution in [-0.4, -0.2) is 21.5 Å². The zero-order valence-corrected chi connectivity index (χ0v) is 9.20.